The minimum atomic E-state index is 0.284. The van der Waals surface area contributed by atoms with Crippen LogP contribution in [0.25, 0.3) is 16.6 Å². The van der Waals surface area contributed by atoms with E-state index in [2.05, 4.69) is 31.7 Å². The summed E-state index contributed by atoms with van der Waals surface area (Å²) < 4.78 is 1.94. The molecule has 29 heavy (non-hydrogen) atoms. The van der Waals surface area contributed by atoms with Crippen LogP contribution in [0.4, 0.5) is 0 Å². The third kappa shape index (κ3) is 4.00. The Morgan fingerprint density at radius 1 is 1.17 bits per heavy atom. The molecule has 154 valence electrons. The van der Waals surface area contributed by atoms with Crippen LogP contribution in [0.1, 0.15) is 62.4 Å². The molecule has 1 aromatic carbocycles. The van der Waals surface area contributed by atoms with Crippen molar-refractivity contribution in [2.24, 2.45) is 5.92 Å². The van der Waals surface area contributed by atoms with Gasteiger partial charge in [-0.05, 0) is 63.1 Å². The molecule has 1 amide bonds. The number of hydrogen-bond acceptors (Lipinski definition) is 3. The fourth-order valence-electron chi connectivity index (χ4n) is 4.84. The van der Waals surface area contributed by atoms with Gasteiger partial charge in [0.15, 0.2) is 5.65 Å². The van der Waals surface area contributed by atoms with Gasteiger partial charge in [-0.2, -0.15) is 5.10 Å². The lowest BCUT2D eigenvalue weighted by Crippen LogP contribution is -2.32. The minimum Gasteiger partial charge on any atom is -0.343 e. The average molecular weight is 393 g/mol. The van der Waals surface area contributed by atoms with Gasteiger partial charge in [0.2, 0.25) is 5.91 Å². The van der Waals surface area contributed by atoms with Gasteiger partial charge in [-0.15, -0.1) is 0 Å². The van der Waals surface area contributed by atoms with Crippen molar-refractivity contribution in [2.45, 2.75) is 65.7 Å². The van der Waals surface area contributed by atoms with Crippen molar-refractivity contribution in [3.8, 4) is 0 Å². The molecule has 0 radical (unpaired) electrons. The number of hydrogen-bond donors (Lipinski definition) is 0. The number of nitrogens with zero attached hydrogens (tertiary/aromatic N) is 4. The first-order chi connectivity index (χ1) is 14.1. The number of aryl methyl sites for hydroxylation is 2. The molecule has 5 heteroatoms. The second kappa shape index (κ2) is 8.52. The summed E-state index contributed by atoms with van der Waals surface area (Å²) in [5.41, 5.74) is 5.11. The lowest BCUT2D eigenvalue weighted by Gasteiger charge is -2.21. The second-order valence-electron chi connectivity index (χ2n) is 8.48. The molecule has 1 atom stereocenters. The van der Waals surface area contributed by atoms with Crippen LogP contribution in [0.5, 0.6) is 0 Å². The van der Waals surface area contributed by atoms with Gasteiger partial charge in [0.1, 0.15) is 0 Å². The smallest absolute Gasteiger partial charge is 0.222 e. The summed E-state index contributed by atoms with van der Waals surface area (Å²) in [4.78, 5) is 19.8. The molecule has 1 fully saturated rings. The topological polar surface area (TPSA) is 50.5 Å². The van der Waals surface area contributed by atoms with Crippen LogP contribution >= 0.6 is 0 Å². The summed E-state index contributed by atoms with van der Waals surface area (Å²) in [5.74, 6) is 1.08. The molecule has 0 bridgehead atoms. The first-order valence-corrected chi connectivity index (χ1v) is 11.1. The number of carbonyl (C=O) groups excluding carboxylic acids is 1. The van der Waals surface area contributed by atoms with E-state index in [0.717, 1.165) is 71.8 Å². The molecule has 3 aromatic rings. The Kier molecular flexibility index (Phi) is 5.84. The van der Waals surface area contributed by atoms with E-state index in [1.165, 1.54) is 19.3 Å². The highest BCUT2D eigenvalue weighted by molar-refractivity contribution is 5.92. The molecule has 4 rings (SSSR count). The molecule has 1 aliphatic rings. The molecule has 0 aliphatic carbocycles. The SMILES string of the molecule is CCCC1CCCN(C(=O)CCc2c(C)nc3c4ccccc4nn3c2C)CC1. The second-order valence-corrected chi connectivity index (χ2v) is 8.48. The maximum Gasteiger partial charge on any atom is 0.222 e. The van der Waals surface area contributed by atoms with Crippen LogP contribution in [0.3, 0.4) is 0 Å². The van der Waals surface area contributed by atoms with E-state index < -0.39 is 0 Å². The van der Waals surface area contributed by atoms with Gasteiger partial charge in [-0.25, -0.2) is 9.50 Å². The number of likely N-dealkylation sites (tertiary alicyclic amines) is 1. The molecule has 0 N–H and O–H groups in total. The number of carbonyl (C=O) groups is 1. The van der Waals surface area contributed by atoms with E-state index in [1.807, 2.05) is 22.7 Å². The zero-order valence-electron chi connectivity index (χ0n) is 17.9. The maximum absolute atomic E-state index is 12.9. The fourth-order valence-corrected chi connectivity index (χ4v) is 4.84. The molecule has 1 saturated heterocycles. The van der Waals surface area contributed by atoms with Crippen molar-refractivity contribution in [1.82, 2.24) is 19.5 Å². The van der Waals surface area contributed by atoms with E-state index in [9.17, 15) is 4.79 Å². The molecule has 0 spiro atoms. The Morgan fingerprint density at radius 2 is 2.00 bits per heavy atom. The van der Waals surface area contributed by atoms with Gasteiger partial charge in [0, 0.05) is 36.3 Å². The predicted octanol–water partition coefficient (Wildman–Crippen LogP) is 4.86. The van der Waals surface area contributed by atoms with Crippen molar-refractivity contribution in [3.05, 3.63) is 41.2 Å². The Labute approximate surface area is 173 Å². The first kappa shape index (κ1) is 19.9. The Balaban J connectivity index is 1.49. The van der Waals surface area contributed by atoms with Gasteiger partial charge in [-0.1, -0.05) is 31.9 Å². The third-order valence-corrected chi connectivity index (χ3v) is 6.50. The lowest BCUT2D eigenvalue weighted by atomic mass is 9.96. The van der Waals surface area contributed by atoms with Crippen LogP contribution in [0.2, 0.25) is 0 Å². The van der Waals surface area contributed by atoms with E-state index in [-0.39, 0.29) is 5.91 Å². The number of rotatable bonds is 5. The fraction of sp³-hybridized carbons (Fsp3) is 0.542. The Bertz CT molecular complexity index is 1020. The summed E-state index contributed by atoms with van der Waals surface area (Å²) in [6.45, 7) is 8.23. The van der Waals surface area contributed by atoms with Crippen molar-refractivity contribution in [1.29, 1.82) is 0 Å². The monoisotopic (exact) mass is 392 g/mol. The number of amides is 1. The summed E-state index contributed by atoms with van der Waals surface area (Å²) in [7, 11) is 0. The van der Waals surface area contributed by atoms with Crippen LogP contribution < -0.4 is 0 Å². The molecular formula is C24H32N4O. The lowest BCUT2D eigenvalue weighted by molar-refractivity contribution is -0.131. The molecule has 5 nitrogen and oxygen atoms in total. The molecule has 0 saturated carbocycles. The molecule has 1 unspecified atom stereocenters. The highest BCUT2D eigenvalue weighted by Gasteiger charge is 2.21. The van der Waals surface area contributed by atoms with Gasteiger partial charge in [0.05, 0.1) is 5.52 Å². The summed E-state index contributed by atoms with van der Waals surface area (Å²) in [6.07, 6.45) is 7.38. The third-order valence-electron chi connectivity index (χ3n) is 6.50. The zero-order chi connectivity index (χ0) is 20.4. The molecule has 3 heterocycles. The van der Waals surface area contributed by atoms with Crippen molar-refractivity contribution in [2.75, 3.05) is 13.1 Å². The summed E-state index contributed by atoms with van der Waals surface area (Å²) in [5, 5.41) is 5.81. The molecular weight excluding hydrogens is 360 g/mol. The van der Waals surface area contributed by atoms with Gasteiger partial charge in [-0.3, -0.25) is 4.79 Å². The van der Waals surface area contributed by atoms with Crippen molar-refractivity contribution in [3.63, 3.8) is 0 Å². The van der Waals surface area contributed by atoms with E-state index >= 15 is 0 Å². The summed E-state index contributed by atoms with van der Waals surface area (Å²) in [6, 6.07) is 8.11. The van der Waals surface area contributed by atoms with E-state index in [4.69, 9.17) is 10.1 Å². The summed E-state index contributed by atoms with van der Waals surface area (Å²) >= 11 is 0. The standard InChI is InChI=1S/C24H32N4O/c1-4-8-19-9-7-15-27(16-14-19)23(29)13-12-20-17(2)25-24-21-10-5-6-11-22(21)26-28(24)18(20)3/h5-6,10-11,19H,4,7-9,12-16H2,1-3H3. The highest BCUT2D eigenvalue weighted by atomic mass is 16.2. The predicted molar refractivity (Wildman–Crippen MR) is 117 cm³/mol. The Morgan fingerprint density at radius 3 is 2.83 bits per heavy atom. The van der Waals surface area contributed by atoms with Crippen LogP contribution in [0, 0.1) is 19.8 Å². The Hall–Kier alpha value is -2.43. The van der Waals surface area contributed by atoms with Crippen LogP contribution in [-0.2, 0) is 11.2 Å². The normalized spacial score (nSPS) is 17.8. The van der Waals surface area contributed by atoms with Gasteiger partial charge in [0.25, 0.3) is 0 Å². The average Bonchev–Trinajstić information content (AvgIpc) is 2.92. The molecule has 2 aromatic heterocycles. The number of fused-ring (bicyclic) bond motifs is 3. The van der Waals surface area contributed by atoms with Gasteiger partial charge < -0.3 is 4.90 Å². The zero-order valence-corrected chi connectivity index (χ0v) is 17.9. The quantitative estimate of drug-likeness (QED) is 0.623. The molecule has 1 aliphatic heterocycles. The largest absolute Gasteiger partial charge is 0.343 e. The first-order valence-electron chi connectivity index (χ1n) is 11.1. The maximum atomic E-state index is 12.9. The number of benzene rings is 1. The van der Waals surface area contributed by atoms with E-state index in [1.54, 1.807) is 0 Å². The number of aromatic nitrogens is 3. The highest BCUT2D eigenvalue weighted by Crippen LogP contribution is 2.25. The van der Waals surface area contributed by atoms with E-state index in [0.29, 0.717) is 6.42 Å². The van der Waals surface area contributed by atoms with Crippen LogP contribution in [-0.4, -0.2) is 38.5 Å². The van der Waals surface area contributed by atoms with Gasteiger partial charge >= 0.3 is 0 Å². The minimum absolute atomic E-state index is 0.284. The van der Waals surface area contributed by atoms with Crippen LogP contribution in [0.15, 0.2) is 24.3 Å². The van der Waals surface area contributed by atoms with Crippen molar-refractivity contribution < 1.29 is 4.79 Å². The van der Waals surface area contributed by atoms with Crippen molar-refractivity contribution >= 4 is 22.5 Å².